The van der Waals surface area contributed by atoms with Gasteiger partial charge in [0.1, 0.15) is 5.75 Å². The number of carbonyl (C=O) groups excluding carboxylic acids is 1. The van der Waals surface area contributed by atoms with Crippen LogP contribution in [0.5, 0.6) is 5.75 Å². The molecule has 2 aliphatic heterocycles. The second-order valence-electron chi connectivity index (χ2n) is 8.06. The van der Waals surface area contributed by atoms with E-state index in [0.717, 1.165) is 37.2 Å². The first kappa shape index (κ1) is 21.8. The van der Waals surface area contributed by atoms with Gasteiger partial charge in [-0.3, -0.25) is 9.69 Å². The fourth-order valence-electron chi connectivity index (χ4n) is 4.27. The van der Waals surface area contributed by atoms with E-state index in [-0.39, 0.29) is 17.3 Å². The lowest BCUT2D eigenvalue weighted by Gasteiger charge is -2.20. The van der Waals surface area contributed by atoms with Gasteiger partial charge in [-0.25, -0.2) is 13.1 Å². The summed E-state index contributed by atoms with van der Waals surface area (Å²) in [6, 6.07) is 12.6. The topological polar surface area (TPSA) is 79.0 Å². The molecule has 166 valence electrons. The first-order chi connectivity index (χ1) is 15.0. The normalized spacial score (nSPS) is 17.5. The highest BCUT2D eigenvalue weighted by atomic mass is 32.2. The van der Waals surface area contributed by atoms with E-state index in [2.05, 4.69) is 15.7 Å². The third-order valence-corrected chi connectivity index (χ3v) is 7.39. The Balaban J connectivity index is 1.53. The van der Waals surface area contributed by atoms with Crippen LogP contribution >= 0.6 is 0 Å². The summed E-state index contributed by atoms with van der Waals surface area (Å²) in [4.78, 5) is 16.3. The van der Waals surface area contributed by atoms with E-state index < -0.39 is 10.0 Å². The number of nitrogens with zero attached hydrogens (tertiary/aromatic N) is 2. The van der Waals surface area contributed by atoms with Crippen LogP contribution in [0.4, 0.5) is 5.69 Å². The van der Waals surface area contributed by atoms with E-state index >= 15 is 0 Å². The van der Waals surface area contributed by atoms with Gasteiger partial charge in [-0.15, -0.1) is 0 Å². The predicted molar refractivity (Wildman–Crippen MR) is 120 cm³/mol. The summed E-state index contributed by atoms with van der Waals surface area (Å²) in [6.45, 7) is 3.79. The molecule has 1 amide bonds. The first-order valence-electron chi connectivity index (χ1n) is 10.7. The summed E-state index contributed by atoms with van der Waals surface area (Å²) in [5.74, 6) is 0.474. The largest absolute Gasteiger partial charge is 0.495 e. The standard InChI is InChI=1S/C23H29N3O4S/c1-30-22-11-10-20(15-21(22)26-14-6-9-23(26)27)31(28,29)24-16-18-7-2-3-8-19(18)17-25-12-4-5-13-25/h2-3,7-8,10-11,15,24H,4-6,9,12-14,16-17H2,1H3. The molecule has 0 unspecified atom stereocenters. The van der Waals surface area contributed by atoms with Crippen molar-refractivity contribution < 1.29 is 17.9 Å². The molecule has 0 aromatic heterocycles. The third kappa shape index (κ3) is 4.92. The number of sulfonamides is 1. The lowest BCUT2D eigenvalue weighted by molar-refractivity contribution is -0.117. The second-order valence-corrected chi connectivity index (χ2v) is 9.83. The smallest absolute Gasteiger partial charge is 0.240 e. The van der Waals surface area contributed by atoms with Crippen molar-refractivity contribution in [3.05, 3.63) is 53.6 Å². The Bertz CT molecular complexity index is 1050. The number of amides is 1. The monoisotopic (exact) mass is 443 g/mol. The van der Waals surface area contributed by atoms with E-state index in [4.69, 9.17) is 4.74 Å². The van der Waals surface area contributed by atoms with Crippen LogP contribution < -0.4 is 14.4 Å². The number of likely N-dealkylation sites (tertiary alicyclic amines) is 1. The molecular formula is C23H29N3O4S. The Kier molecular flexibility index (Phi) is 6.60. The van der Waals surface area contributed by atoms with Gasteiger partial charge < -0.3 is 9.64 Å². The van der Waals surface area contributed by atoms with Crippen LogP contribution in [0.3, 0.4) is 0 Å². The Morgan fingerprint density at radius 3 is 2.42 bits per heavy atom. The highest BCUT2D eigenvalue weighted by Gasteiger charge is 2.26. The van der Waals surface area contributed by atoms with Gasteiger partial charge in [-0.1, -0.05) is 24.3 Å². The first-order valence-corrected chi connectivity index (χ1v) is 12.2. The number of benzene rings is 2. The van der Waals surface area contributed by atoms with Gasteiger partial charge in [0.05, 0.1) is 17.7 Å². The summed E-state index contributed by atoms with van der Waals surface area (Å²) in [7, 11) is -2.24. The molecular weight excluding hydrogens is 414 g/mol. The number of hydrogen-bond acceptors (Lipinski definition) is 5. The molecule has 2 heterocycles. The molecule has 0 spiro atoms. The van der Waals surface area contributed by atoms with Crippen molar-refractivity contribution in [2.45, 2.75) is 43.7 Å². The van der Waals surface area contributed by atoms with Gasteiger partial charge >= 0.3 is 0 Å². The van der Waals surface area contributed by atoms with Gasteiger partial charge in [0.25, 0.3) is 0 Å². The maximum absolute atomic E-state index is 13.0. The highest BCUT2D eigenvalue weighted by Crippen LogP contribution is 2.33. The fraction of sp³-hybridized carbons (Fsp3) is 0.435. The molecule has 8 heteroatoms. The van der Waals surface area contributed by atoms with Crippen molar-refractivity contribution in [1.82, 2.24) is 9.62 Å². The zero-order chi connectivity index (χ0) is 21.8. The molecule has 2 aromatic carbocycles. The lowest BCUT2D eigenvalue weighted by Crippen LogP contribution is -2.27. The van der Waals surface area contributed by atoms with Crippen molar-refractivity contribution in [1.29, 1.82) is 0 Å². The molecule has 0 radical (unpaired) electrons. The summed E-state index contributed by atoms with van der Waals surface area (Å²) < 4.78 is 34.2. The van der Waals surface area contributed by atoms with Crippen LogP contribution in [0.15, 0.2) is 47.4 Å². The molecule has 2 aromatic rings. The Labute approximate surface area is 184 Å². The van der Waals surface area contributed by atoms with Crippen molar-refractivity contribution in [3.8, 4) is 5.75 Å². The van der Waals surface area contributed by atoms with Crippen molar-refractivity contribution in [2.24, 2.45) is 0 Å². The van der Waals surface area contributed by atoms with Crippen molar-refractivity contribution in [2.75, 3.05) is 31.6 Å². The second kappa shape index (κ2) is 9.38. The van der Waals surface area contributed by atoms with Crippen LogP contribution in [0, 0.1) is 0 Å². The minimum Gasteiger partial charge on any atom is -0.495 e. The zero-order valence-electron chi connectivity index (χ0n) is 17.8. The van der Waals surface area contributed by atoms with Gasteiger partial charge in [0.15, 0.2) is 0 Å². The van der Waals surface area contributed by atoms with Crippen molar-refractivity contribution in [3.63, 3.8) is 0 Å². The number of anilines is 1. The number of rotatable bonds is 8. The van der Waals surface area contributed by atoms with Crippen LogP contribution in [0.2, 0.25) is 0 Å². The zero-order valence-corrected chi connectivity index (χ0v) is 18.7. The minimum atomic E-state index is -3.75. The molecule has 1 N–H and O–H groups in total. The molecule has 2 aliphatic rings. The van der Waals surface area contributed by atoms with E-state index in [0.29, 0.717) is 24.4 Å². The quantitative estimate of drug-likeness (QED) is 0.679. The van der Waals surface area contributed by atoms with Crippen molar-refractivity contribution >= 4 is 21.6 Å². The summed E-state index contributed by atoms with van der Waals surface area (Å²) in [6.07, 6.45) is 3.65. The summed E-state index contributed by atoms with van der Waals surface area (Å²) in [5, 5.41) is 0. The maximum atomic E-state index is 13.0. The average molecular weight is 444 g/mol. The van der Waals surface area contributed by atoms with E-state index in [1.807, 2.05) is 18.2 Å². The van der Waals surface area contributed by atoms with E-state index in [9.17, 15) is 13.2 Å². The summed E-state index contributed by atoms with van der Waals surface area (Å²) in [5.41, 5.74) is 2.62. The molecule has 4 rings (SSSR count). The molecule has 0 saturated carbocycles. The van der Waals surface area contributed by atoms with Crippen LogP contribution in [0.1, 0.15) is 36.8 Å². The molecule has 0 aliphatic carbocycles. The molecule has 7 nitrogen and oxygen atoms in total. The van der Waals surface area contributed by atoms with Gasteiger partial charge in [-0.2, -0.15) is 0 Å². The number of carbonyl (C=O) groups is 1. The molecule has 2 fully saturated rings. The van der Waals surface area contributed by atoms with E-state index in [1.165, 1.54) is 32.1 Å². The number of nitrogens with one attached hydrogen (secondary N) is 1. The number of ether oxygens (including phenoxy) is 1. The Hall–Kier alpha value is -2.42. The van der Waals surface area contributed by atoms with E-state index in [1.54, 1.807) is 11.0 Å². The third-order valence-electron chi connectivity index (χ3n) is 5.99. The highest BCUT2D eigenvalue weighted by molar-refractivity contribution is 7.89. The van der Waals surface area contributed by atoms with Crippen LogP contribution in [-0.4, -0.2) is 46.0 Å². The summed E-state index contributed by atoms with van der Waals surface area (Å²) >= 11 is 0. The Morgan fingerprint density at radius 2 is 1.74 bits per heavy atom. The maximum Gasteiger partial charge on any atom is 0.240 e. The van der Waals surface area contributed by atoms with Gasteiger partial charge in [0.2, 0.25) is 15.9 Å². The number of methoxy groups -OCH3 is 1. The average Bonchev–Trinajstić information content (AvgIpc) is 3.44. The molecule has 0 atom stereocenters. The van der Waals surface area contributed by atoms with Gasteiger partial charge in [-0.05, 0) is 61.7 Å². The van der Waals surface area contributed by atoms with Crippen LogP contribution in [-0.2, 0) is 27.9 Å². The predicted octanol–water partition coefficient (Wildman–Crippen LogP) is 2.90. The SMILES string of the molecule is COc1ccc(S(=O)(=O)NCc2ccccc2CN2CCCC2)cc1N1CCCC1=O. The van der Waals surface area contributed by atoms with Gasteiger partial charge in [0, 0.05) is 26.1 Å². The minimum absolute atomic E-state index is 0.0170. The van der Waals surface area contributed by atoms with Crippen LogP contribution in [0.25, 0.3) is 0 Å². The Morgan fingerprint density at radius 1 is 1.00 bits per heavy atom. The number of hydrogen-bond donors (Lipinski definition) is 1. The fourth-order valence-corrected chi connectivity index (χ4v) is 5.30. The molecule has 2 saturated heterocycles. The molecule has 0 bridgehead atoms. The molecule has 31 heavy (non-hydrogen) atoms. The lowest BCUT2D eigenvalue weighted by atomic mass is 10.1.